The van der Waals surface area contributed by atoms with Gasteiger partial charge >= 0.3 is 0 Å². The normalized spacial score (nSPS) is 18.5. The number of aromatic nitrogens is 2. The summed E-state index contributed by atoms with van der Waals surface area (Å²) in [5.74, 6) is 1.24. The Morgan fingerprint density at radius 1 is 1.21 bits per heavy atom. The number of anilines is 1. The van der Waals surface area contributed by atoms with Crippen LogP contribution in [0.3, 0.4) is 0 Å². The number of aromatic amines is 1. The van der Waals surface area contributed by atoms with E-state index in [9.17, 15) is 9.18 Å². The van der Waals surface area contributed by atoms with Crippen molar-refractivity contribution in [2.45, 2.75) is 44.1 Å². The first-order valence-corrected chi connectivity index (χ1v) is 11.1. The predicted octanol–water partition coefficient (Wildman–Crippen LogP) is 3.52. The largest absolute Gasteiger partial charge is 0.385 e. The summed E-state index contributed by atoms with van der Waals surface area (Å²) >= 11 is 1.81. The van der Waals surface area contributed by atoms with Crippen LogP contribution in [0.4, 0.5) is 10.1 Å². The summed E-state index contributed by atoms with van der Waals surface area (Å²) < 4.78 is 19.9. The van der Waals surface area contributed by atoms with E-state index in [0.717, 1.165) is 58.5 Å². The van der Waals surface area contributed by atoms with Gasteiger partial charge in [0.2, 0.25) is 0 Å². The topological polar surface area (TPSA) is 79.0 Å². The Bertz CT molecular complexity index is 858. The van der Waals surface area contributed by atoms with Gasteiger partial charge in [0.15, 0.2) is 0 Å². The van der Waals surface area contributed by atoms with Gasteiger partial charge in [0.05, 0.1) is 11.3 Å². The van der Waals surface area contributed by atoms with Crippen molar-refractivity contribution >= 4 is 28.4 Å². The number of hydrogen-bond donors (Lipinski definition) is 3. The minimum absolute atomic E-state index is 0. The van der Waals surface area contributed by atoms with E-state index >= 15 is 0 Å². The van der Waals surface area contributed by atoms with Gasteiger partial charge in [0, 0.05) is 30.7 Å². The summed E-state index contributed by atoms with van der Waals surface area (Å²) in [7, 11) is 0. The van der Waals surface area contributed by atoms with E-state index in [1.807, 2.05) is 11.8 Å². The fraction of sp³-hybridized carbons (Fsp3) is 0.619. The molecule has 0 aliphatic carbocycles. The number of H-pyrrole nitrogens is 1. The number of thioether (sulfide) groups is 1. The van der Waals surface area contributed by atoms with Gasteiger partial charge in [-0.25, -0.2) is 9.37 Å². The van der Waals surface area contributed by atoms with Crippen molar-refractivity contribution in [3.05, 3.63) is 34.1 Å². The molecule has 0 atom stereocenters. The van der Waals surface area contributed by atoms with Crippen molar-refractivity contribution in [3.8, 4) is 0 Å². The van der Waals surface area contributed by atoms with Gasteiger partial charge in [0.1, 0.15) is 17.0 Å². The molecule has 160 valence electrons. The quantitative estimate of drug-likeness (QED) is 0.661. The molecule has 6 nitrogen and oxygen atoms in total. The Kier molecular flexibility index (Phi) is 7.91. The summed E-state index contributed by atoms with van der Waals surface area (Å²) in [5, 5.41) is 7.27. The predicted molar refractivity (Wildman–Crippen MR) is 118 cm³/mol. The van der Waals surface area contributed by atoms with Crippen LogP contribution in [0.25, 0.3) is 10.9 Å². The first-order chi connectivity index (χ1) is 13.7. The molecule has 1 aromatic carbocycles. The molecule has 4 rings (SSSR count). The zero-order chi connectivity index (χ0) is 19.3. The van der Waals surface area contributed by atoms with E-state index in [4.69, 9.17) is 4.74 Å². The third-order valence-electron chi connectivity index (χ3n) is 5.49. The van der Waals surface area contributed by atoms with E-state index in [1.54, 1.807) is 6.07 Å². The second-order valence-corrected chi connectivity index (χ2v) is 8.85. The molecule has 0 radical (unpaired) electrons. The Morgan fingerprint density at radius 2 is 1.97 bits per heavy atom. The first-order valence-electron chi connectivity index (χ1n) is 10.1. The zero-order valence-corrected chi connectivity index (χ0v) is 16.7. The lowest BCUT2D eigenvalue weighted by Gasteiger charge is -2.22. The van der Waals surface area contributed by atoms with Crippen LogP contribution in [0.1, 0.15) is 38.9 Å². The minimum Gasteiger partial charge on any atom is -0.385 e. The number of nitrogens with one attached hydrogen (secondary N) is 3. The molecular weight excluding hydrogens is 391 g/mol. The van der Waals surface area contributed by atoms with E-state index < -0.39 is 11.4 Å². The second kappa shape index (κ2) is 10.4. The Balaban J connectivity index is 0.00000240. The van der Waals surface area contributed by atoms with Gasteiger partial charge in [-0.05, 0) is 56.8 Å². The van der Waals surface area contributed by atoms with Crippen LogP contribution in [0, 0.1) is 11.7 Å². The van der Waals surface area contributed by atoms with Crippen molar-refractivity contribution in [2.75, 3.05) is 38.2 Å². The molecule has 2 aliphatic rings. The van der Waals surface area contributed by atoms with Crippen LogP contribution < -0.4 is 16.2 Å². The summed E-state index contributed by atoms with van der Waals surface area (Å²) in [6, 6.07) is 3.17. The number of hydrogen-bond acceptors (Lipinski definition) is 6. The molecule has 0 amide bonds. The van der Waals surface area contributed by atoms with Crippen LogP contribution >= 0.6 is 11.8 Å². The number of benzene rings is 1. The molecule has 1 aromatic heterocycles. The summed E-state index contributed by atoms with van der Waals surface area (Å²) in [5.41, 5.74) is 0.685. The highest BCUT2D eigenvalue weighted by atomic mass is 32.2. The van der Waals surface area contributed by atoms with Crippen molar-refractivity contribution in [1.29, 1.82) is 0 Å². The SMILES string of the molecule is C.O=c1[nH]c(CSC2CCNCC2)nc2cc(NCC3CCOCC3)cc(F)c12. The summed E-state index contributed by atoms with van der Waals surface area (Å²) in [6.07, 6.45) is 4.27. The lowest BCUT2D eigenvalue weighted by Crippen LogP contribution is -2.29. The fourth-order valence-corrected chi connectivity index (χ4v) is 4.91. The van der Waals surface area contributed by atoms with Gasteiger partial charge in [-0.2, -0.15) is 11.8 Å². The molecule has 2 aromatic rings. The molecule has 2 aliphatic heterocycles. The number of nitrogens with zero attached hydrogens (tertiary/aromatic N) is 1. The molecule has 3 N–H and O–H groups in total. The van der Waals surface area contributed by atoms with Gasteiger partial charge in [0.25, 0.3) is 5.56 Å². The lowest BCUT2D eigenvalue weighted by molar-refractivity contribution is 0.0699. The van der Waals surface area contributed by atoms with Crippen molar-refractivity contribution in [2.24, 2.45) is 5.92 Å². The first kappa shape index (κ1) is 22.1. The van der Waals surface area contributed by atoms with Gasteiger partial charge in [-0.3, -0.25) is 4.79 Å². The number of piperidine rings is 1. The molecular formula is C21H31FN4O2S. The molecule has 0 unspecified atom stereocenters. The second-order valence-electron chi connectivity index (χ2n) is 7.56. The highest BCUT2D eigenvalue weighted by molar-refractivity contribution is 7.99. The Morgan fingerprint density at radius 3 is 2.72 bits per heavy atom. The zero-order valence-electron chi connectivity index (χ0n) is 15.9. The Labute approximate surface area is 175 Å². The monoisotopic (exact) mass is 422 g/mol. The maximum absolute atomic E-state index is 14.5. The number of ether oxygens (including phenoxy) is 1. The lowest BCUT2D eigenvalue weighted by atomic mass is 10.0. The minimum atomic E-state index is -0.529. The molecule has 0 saturated carbocycles. The average Bonchev–Trinajstić information content (AvgIpc) is 2.72. The van der Waals surface area contributed by atoms with E-state index in [1.165, 1.54) is 6.07 Å². The van der Waals surface area contributed by atoms with Crippen LogP contribution in [-0.4, -0.2) is 48.1 Å². The molecule has 0 bridgehead atoms. The number of halogens is 1. The van der Waals surface area contributed by atoms with E-state index in [2.05, 4.69) is 20.6 Å². The standard InChI is InChI=1S/C20H27FN4O2S.CH4/c21-16-9-14(23-11-13-3-7-27-8-4-13)10-17-19(16)20(26)25-18(24-17)12-28-15-1-5-22-6-2-15;/h9-10,13,15,22-23H,1-8,11-12H2,(H,24,25,26);1H4. The van der Waals surface area contributed by atoms with Gasteiger partial charge < -0.3 is 20.4 Å². The molecule has 29 heavy (non-hydrogen) atoms. The van der Waals surface area contributed by atoms with Crippen molar-refractivity contribution in [3.63, 3.8) is 0 Å². The van der Waals surface area contributed by atoms with E-state index in [-0.39, 0.29) is 12.8 Å². The molecule has 2 saturated heterocycles. The third kappa shape index (κ3) is 5.71. The van der Waals surface area contributed by atoms with Crippen LogP contribution in [0.2, 0.25) is 0 Å². The van der Waals surface area contributed by atoms with Crippen molar-refractivity contribution < 1.29 is 9.13 Å². The maximum Gasteiger partial charge on any atom is 0.261 e. The smallest absolute Gasteiger partial charge is 0.261 e. The number of fused-ring (bicyclic) bond motifs is 1. The van der Waals surface area contributed by atoms with Crippen molar-refractivity contribution in [1.82, 2.24) is 15.3 Å². The summed E-state index contributed by atoms with van der Waals surface area (Å²) in [4.78, 5) is 19.7. The molecule has 3 heterocycles. The van der Waals surface area contributed by atoms with Crippen LogP contribution in [0.5, 0.6) is 0 Å². The number of rotatable bonds is 6. The van der Waals surface area contributed by atoms with Crippen LogP contribution in [0.15, 0.2) is 16.9 Å². The molecule has 0 spiro atoms. The molecule has 8 heteroatoms. The van der Waals surface area contributed by atoms with E-state index in [0.29, 0.717) is 33.9 Å². The molecule has 2 fully saturated rings. The highest BCUT2D eigenvalue weighted by Gasteiger charge is 2.17. The van der Waals surface area contributed by atoms with Crippen LogP contribution in [-0.2, 0) is 10.5 Å². The van der Waals surface area contributed by atoms with Gasteiger partial charge in [-0.15, -0.1) is 0 Å². The highest BCUT2D eigenvalue weighted by Crippen LogP contribution is 2.25. The maximum atomic E-state index is 14.5. The fourth-order valence-electron chi connectivity index (χ4n) is 3.81. The Hall–Kier alpha value is -1.64. The van der Waals surface area contributed by atoms with Gasteiger partial charge in [-0.1, -0.05) is 7.43 Å². The third-order valence-corrected chi connectivity index (χ3v) is 6.87. The summed E-state index contributed by atoms with van der Waals surface area (Å²) in [6.45, 7) is 4.41. The average molecular weight is 423 g/mol.